The summed E-state index contributed by atoms with van der Waals surface area (Å²) in [6, 6.07) is 11.6. The first-order chi connectivity index (χ1) is 8.65. The number of hydrogen-bond acceptors (Lipinski definition) is 3. The second-order valence-electron chi connectivity index (χ2n) is 4.17. The van der Waals surface area contributed by atoms with Crippen LogP contribution in [0.4, 0.5) is 11.5 Å². The molecule has 0 saturated heterocycles. The van der Waals surface area contributed by atoms with Gasteiger partial charge >= 0.3 is 0 Å². The molecule has 1 aromatic heterocycles. The summed E-state index contributed by atoms with van der Waals surface area (Å²) in [5.41, 5.74) is 8.54. The molecule has 1 aromatic carbocycles. The van der Waals surface area contributed by atoms with E-state index in [0.717, 1.165) is 35.2 Å². The van der Waals surface area contributed by atoms with Gasteiger partial charge in [0, 0.05) is 11.6 Å². The first kappa shape index (κ1) is 12.7. The second-order valence-corrected chi connectivity index (χ2v) is 4.61. The third kappa shape index (κ3) is 3.37. The fourth-order valence-electron chi connectivity index (χ4n) is 1.66. The number of nitrogens with two attached hydrogens (primary N) is 1. The Morgan fingerprint density at radius 3 is 2.56 bits per heavy atom. The minimum atomic E-state index is 0.721. The van der Waals surface area contributed by atoms with Crippen molar-refractivity contribution in [3.63, 3.8) is 0 Å². The van der Waals surface area contributed by atoms with Gasteiger partial charge in [0.25, 0.3) is 0 Å². The van der Waals surface area contributed by atoms with E-state index in [2.05, 4.69) is 10.3 Å². The molecule has 4 heteroatoms. The van der Waals surface area contributed by atoms with Gasteiger partial charge in [0.1, 0.15) is 5.82 Å². The molecule has 94 valence electrons. The van der Waals surface area contributed by atoms with Gasteiger partial charge in [-0.2, -0.15) is 0 Å². The molecule has 0 unspecified atom stereocenters. The largest absolute Gasteiger partial charge is 0.397 e. The van der Waals surface area contributed by atoms with Crippen LogP contribution in [0.3, 0.4) is 0 Å². The van der Waals surface area contributed by atoms with Crippen molar-refractivity contribution in [3.05, 3.63) is 52.7 Å². The summed E-state index contributed by atoms with van der Waals surface area (Å²) in [5, 5.41) is 4.04. The molecule has 1 heterocycles. The van der Waals surface area contributed by atoms with Crippen molar-refractivity contribution in [2.24, 2.45) is 0 Å². The lowest BCUT2D eigenvalue weighted by atomic mass is 10.1. The molecular formula is C14H16ClN3. The molecule has 0 saturated carbocycles. The molecule has 0 radical (unpaired) electrons. The molecule has 0 fully saturated rings. The predicted octanol–water partition coefficient (Wildman–Crippen LogP) is 3.28. The summed E-state index contributed by atoms with van der Waals surface area (Å²) in [4.78, 5) is 4.36. The van der Waals surface area contributed by atoms with Crippen LogP contribution < -0.4 is 11.1 Å². The monoisotopic (exact) mass is 261 g/mol. The lowest BCUT2D eigenvalue weighted by Gasteiger charge is -2.07. The van der Waals surface area contributed by atoms with Gasteiger partial charge in [-0.15, -0.1) is 0 Å². The SMILES string of the molecule is Cc1nc(NCCc2ccc(Cl)cc2)ccc1N. The Kier molecular flexibility index (Phi) is 4.05. The first-order valence-corrected chi connectivity index (χ1v) is 6.24. The van der Waals surface area contributed by atoms with Crippen LogP contribution in [0.2, 0.25) is 5.02 Å². The molecule has 0 amide bonds. The molecule has 18 heavy (non-hydrogen) atoms. The van der Waals surface area contributed by atoms with Crippen LogP contribution in [0.15, 0.2) is 36.4 Å². The van der Waals surface area contributed by atoms with E-state index in [1.165, 1.54) is 5.56 Å². The van der Waals surface area contributed by atoms with E-state index in [9.17, 15) is 0 Å². The van der Waals surface area contributed by atoms with Gasteiger partial charge in [0.15, 0.2) is 0 Å². The highest BCUT2D eigenvalue weighted by molar-refractivity contribution is 6.30. The molecule has 0 bridgehead atoms. The van der Waals surface area contributed by atoms with Gasteiger partial charge in [0.2, 0.25) is 0 Å². The normalized spacial score (nSPS) is 10.3. The smallest absolute Gasteiger partial charge is 0.126 e. The summed E-state index contributed by atoms with van der Waals surface area (Å²) in [6.07, 6.45) is 0.933. The third-order valence-electron chi connectivity index (χ3n) is 2.76. The highest BCUT2D eigenvalue weighted by Crippen LogP contribution is 2.13. The molecule has 0 aliphatic rings. The predicted molar refractivity (Wildman–Crippen MR) is 77.0 cm³/mol. The Balaban J connectivity index is 1.88. The molecule has 0 aliphatic carbocycles. The minimum Gasteiger partial charge on any atom is -0.397 e. The topological polar surface area (TPSA) is 50.9 Å². The van der Waals surface area contributed by atoms with Crippen molar-refractivity contribution >= 4 is 23.1 Å². The second kappa shape index (κ2) is 5.74. The lowest BCUT2D eigenvalue weighted by Crippen LogP contribution is -2.07. The first-order valence-electron chi connectivity index (χ1n) is 5.86. The molecule has 0 atom stereocenters. The van der Waals surface area contributed by atoms with Gasteiger partial charge < -0.3 is 11.1 Å². The van der Waals surface area contributed by atoms with E-state index < -0.39 is 0 Å². The lowest BCUT2D eigenvalue weighted by molar-refractivity contribution is 1.00. The Morgan fingerprint density at radius 1 is 1.17 bits per heavy atom. The Hall–Kier alpha value is -1.74. The molecule has 2 rings (SSSR count). The molecule has 0 aliphatic heterocycles. The summed E-state index contributed by atoms with van der Waals surface area (Å²) in [7, 11) is 0. The van der Waals surface area contributed by atoms with Gasteiger partial charge in [-0.1, -0.05) is 23.7 Å². The van der Waals surface area contributed by atoms with Crippen molar-refractivity contribution in [2.75, 3.05) is 17.6 Å². The number of aryl methyl sites for hydroxylation is 1. The van der Waals surface area contributed by atoms with Crippen molar-refractivity contribution in [3.8, 4) is 0 Å². The third-order valence-corrected chi connectivity index (χ3v) is 3.01. The molecule has 3 N–H and O–H groups in total. The summed E-state index contributed by atoms with van der Waals surface area (Å²) < 4.78 is 0. The van der Waals surface area contributed by atoms with Crippen LogP contribution in [-0.4, -0.2) is 11.5 Å². The zero-order valence-corrected chi connectivity index (χ0v) is 11.0. The Bertz CT molecular complexity index is 523. The van der Waals surface area contributed by atoms with Crippen LogP contribution in [0, 0.1) is 6.92 Å². The molecule has 0 spiro atoms. The number of hydrogen-bond donors (Lipinski definition) is 2. The van der Waals surface area contributed by atoms with Crippen molar-refractivity contribution in [1.29, 1.82) is 0 Å². The van der Waals surface area contributed by atoms with Crippen LogP contribution in [0.25, 0.3) is 0 Å². The summed E-state index contributed by atoms with van der Waals surface area (Å²) in [5.74, 6) is 0.857. The number of halogens is 1. The van der Waals surface area contributed by atoms with Crippen LogP contribution >= 0.6 is 11.6 Å². The van der Waals surface area contributed by atoms with Crippen molar-refractivity contribution < 1.29 is 0 Å². The fraction of sp³-hybridized carbons (Fsp3) is 0.214. The zero-order chi connectivity index (χ0) is 13.0. The molecule has 3 nitrogen and oxygen atoms in total. The van der Waals surface area contributed by atoms with Gasteiger partial charge in [-0.05, 0) is 43.2 Å². The number of nitrogen functional groups attached to an aromatic ring is 1. The van der Waals surface area contributed by atoms with Crippen LogP contribution in [-0.2, 0) is 6.42 Å². The maximum Gasteiger partial charge on any atom is 0.126 e. The Labute approximate surface area is 112 Å². The number of pyridine rings is 1. The van der Waals surface area contributed by atoms with Gasteiger partial charge in [-0.25, -0.2) is 4.98 Å². The quantitative estimate of drug-likeness (QED) is 0.888. The Morgan fingerprint density at radius 2 is 1.89 bits per heavy atom. The molecule has 2 aromatic rings. The summed E-state index contributed by atoms with van der Waals surface area (Å²) in [6.45, 7) is 2.73. The highest BCUT2D eigenvalue weighted by atomic mass is 35.5. The fourth-order valence-corrected chi connectivity index (χ4v) is 1.78. The number of nitrogens with one attached hydrogen (secondary N) is 1. The number of aromatic nitrogens is 1. The molecular weight excluding hydrogens is 246 g/mol. The van der Waals surface area contributed by atoms with Crippen LogP contribution in [0.5, 0.6) is 0 Å². The van der Waals surface area contributed by atoms with E-state index in [-0.39, 0.29) is 0 Å². The van der Waals surface area contributed by atoms with Crippen molar-refractivity contribution in [1.82, 2.24) is 4.98 Å². The number of benzene rings is 1. The number of nitrogens with zero attached hydrogens (tertiary/aromatic N) is 1. The highest BCUT2D eigenvalue weighted by Gasteiger charge is 1.98. The van der Waals surface area contributed by atoms with Crippen molar-refractivity contribution in [2.45, 2.75) is 13.3 Å². The number of anilines is 2. The van der Waals surface area contributed by atoms with Gasteiger partial charge in [0.05, 0.1) is 11.4 Å². The van der Waals surface area contributed by atoms with E-state index in [1.54, 1.807) is 0 Å². The standard InChI is InChI=1S/C14H16ClN3/c1-10-13(16)6-7-14(18-10)17-9-8-11-2-4-12(15)5-3-11/h2-7H,8-9,16H2,1H3,(H,17,18). The summed E-state index contributed by atoms with van der Waals surface area (Å²) >= 11 is 5.84. The van der Waals surface area contributed by atoms with E-state index in [4.69, 9.17) is 17.3 Å². The minimum absolute atomic E-state index is 0.721. The average Bonchev–Trinajstić information content (AvgIpc) is 2.36. The number of rotatable bonds is 4. The van der Waals surface area contributed by atoms with Crippen LogP contribution in [0.1, 0.15) is 11.3 Å². The maximum absolute atomic E-state index is 5.84. The van der Waals surface area contributed by atoms with E-state index in [1.807, 2.05) is 43.3 Å². The van der Waals surface area contributed by atoms with Gasteiger partial charge in [-0.3, -0.25) is 0 Å². The van der Waals surface area contributed by atoms with E-state index in [0.29, 0.717) is 0 Å². The van der Waals surface area contributed by atoms with E-state index >= 15 is 0 Å². The zero-order valence-electron chi connectivity index (χ0n) is 10.3. The average molecular weight is 262 g/mol. The maximum atomic E-state index is 5.84.